The van der Waals surface area contributed by atoms with Gasteiger partial charge >= 0.3 is 0 Å². The molecule has 1 N–H and O–H groups in total. The number of benzene rings is 2. The van der Waals surface area contributed by atoms with Gasteiger partial charge in [0.15, 0.2) is 11.5 Å². The highest BCUT2D eigenvalue weighted by Crippen LogP contribution is 2.36. The molecule has 1 fully saturated rings. The molecule has 2 aliphatic rings. The molecule has 0 aromatic heterocycles. The number of fused-ring (bicyclic) bond motifs is 1. The number of anilines is 1. The van der Waals surface area contributed by atoms with Crippen LogP contribution in [0.5, 0.6) is 11.5 Å². The normalized spacial score (nSPS) is 16.2. The van der Waals surface area contributed by atoms with Crippen molar-refractivity contribution in [1.29, 1.82) is 0 Å². The third kappa shape index (κ3) is 4.67. The Morgan fingerprint density at radius 1 is 1.23 bits per heavy atom. The van der Waals surface area contributed by atoms with E-state index < -0.39 is 0 Å². The second-order valence-electron chi connectivity index (χ2n) is 7.15. The number of hydrogen-bond donors (Lipinski definition) is 1. The molecule has 1 saturated heterocycles. The number of thioether (sulfide) groups is 1. The van der Waals surface area contributed by atoms with E-state index in [2.05, 4.69) is 5.32 Å². The number of carbonyl (C=O) groups is 2. The van der Waals surface area contributed by atoms with E-state index in [1.54, 1.807) is 12.1 Å². The van der Waals surface area contributed by atoms with Crippen molar-refractivity contribution in [1.82, 2.24) is 10.2 Å². The van der Waals surface area contributed by atoms with Crippen LogP contribution in [0.2, 0.25) is 0 Å². The van der Waals surface area contributed by atoms with Gasteiger partial charge in [-0.15, -0.1) is 0 Å². The molecule has 4 rings (SSSR count). The van der Waals surface area contributed by atoms with Gasteiger partial charge in [0, 0.05) is 38.4 Å². The van der Waals surface area contributed by atoms with Crippen LogP contribution in [0.1, 0.15) is 15.9 Å². The predicted molar refractivity (Wildman–Crippen MR) is 126 cm³/mol. The number of nitrogens with one attached hydrogen (secondary N) is 1. The van der Waals surface area contributed by atoms with Gasteiger partial charge in [-0.05, 0) is 42.0 Å². The van der Waals surface area contributed by atoms with Crippen LogP contribution < -0.4 is 19.7 Å². The molecule has 0 bridgehead atoms. The second kappa shape index (κ2) is 8.99. The van der Waals surface area contributed by atoms with Crippen molar-refractivity contribution < 1.29 is 19.1 Å². The maximum atomic E-state index is 12.8. The van der Waals surface area contributed by atoms with Gasteiger partial charge < -0.3 is 19.7 Å². The summed E-state index contributed by atoms with van der Waals surface area (Å²) in [5.41, 5.74) is 2.34. The number of carbonyl (C=O) groups excluding carboxylic acids is 2. The van der Waals surface area contributed by atoms with Gasteiger partial charge in [-0.3, -0.25) is 14.5 Å². The number of ether oxygens (including phenoxy) is 2. The predicted octanol–water partition coefficient (Wildman–Crippen LogP) is 3.11. The van der Waals surface area contributed by atoms with Crippen molar-refractivity contribution in [2.75, 3.05) is 38.9 Å². The van der Waals surface area contributed by atoms with Crippen LogP contribution >= 0.6 is 24.0 Å². The molecule has 31 heavy (non-hydrogen) atoms. The summed E-state index contributed by atoms with van der Waals surface area (Å²) in [7, 11) is 3.84. The van der Waals surface area contributed by atoms with E-state index in [-0.39, 0.29) is 18.6 Å². The Bertz CT molecular complexity index is 1080. The highest BCUT2D eigenvalue weighted by Gasteiger charge is 2.31. The Morgan fingerprint density at radius 2 is 2.03 bits per heavy atom. The minimum atomic E-state index is -0.190. The number of nitrogens with zero attached hydrogens (tertiary/aromatic N) is 2. The number of hydrogen-bond acceptors (Lipinski definition) is 7. The average Bonchev–Trinajstić information content (AvgIpc) is 3.33. The minimum absolute atomic E-state index is 0.170. The van der Waals surface area contributed by atoms with Crippen LogP contribution in [0.3, 0.4) is 0 Å². The van der Waals surface area contributed by atoms with Crippen molar-refractivity contribution in [2.45, 2.75) is 0 Å². The van der Waals surface area contributed by atoms with Crippen LogP contribution in [0.15, 0.2) is 47.4 Å². The van der Waals surface area contributed by atoms with E-state index >= 15 is 0 Å². The molecule has 2 aromatic rings. The lowest BCUT2D eigenvalue weighted by atomic mass is 10.2. The van der Waals surface area contributed by atoms with E-state index in [1.807, 2.05) is 55.4 Å². The van der Waals surface area contributed by atoms with E-state index in [4.69, 9.17) is 21.7 Å². The summed E-state index contributed by atoms with van der Waals surface area (Å²) in [4.78, 5) is 29.2. The van der Waals surface area contributed by atoms with E-state index in [1.165, 1.54) is 16.7 Å². The first-order valence-corrected chi connectivity index (χ1v) is 10.9. The van der Waals surface area contributed by atoms with Crippen LogP contribution in [0.4, 0.5) is 5.69 Å². The molecular weight excluding hydrogens is 434 g/mol. The fraction of sp³-hybridized carbons (Fsp3) is 0.227. The Balaban J connectivity index is 1.36. The number of amides is 2. The van der Waals surface area contributed by atoms with Crippen molar-refractivity contribution in [3.05, 3.63) is 58.5 Å². The molecule has 0 aliphatic carbocycles. The zero-order valence-electron chi connectivity index (χ0n) is 17.1. The molecule has 2 heterocycles. The Labute approximate surface area is 190 Å². The lowest BCUT2D eigenvalue weighted by molar-refractivity contribution is -0.122. The topological polar surface area (TPSA) is 71.1 Å². The van der Waals surface area contributed by atoms with Gasteiger partial charge in [0.25, 0.3) is 11.8 Å². The molecule has 9 heteroatoms. The van der Waals surface area contributed by atoms with Crippen LogP contribution in [0.25, 0.3) is 6.08 Å². The summed E-state index contributed by atoms with van der Waals surface area (Å²) in [5.74, 6) is 0.989. The van der Waals surface area contributed by atoms with Crippen molar-refractivity contribution >= 4 is 51.9 Å². The van der Waals surface area contributed by atoms with Gasteiger partial charge in [-0.25, -0.2) is 0 Å². The van der Waals surface area contributed by atoms with E-state index in [0.717, 1.165) is 11.3 Å². The average molecular weight is 456 g/mol. The summed E-state index contributed by atoms with van der Waals surface area (Å²) in [6.07, 6.45) is 1.78. The zero-order valence-corrected chi connectivity index (χ0v) is 18.7. The first-order chi connectivity index (χ1) is 14.9. The molecule has 2 aromatic carbocycles. The Hall–Kier alpha value is -3.04. The van der Waals surface area contributed by atoms with Crippen molar-refractivity contribution in [3.63, 3.8) is 0 Å². The summed E-state index contributed by atoms with van der Waals surface area (Å²) in [6, 6.07) is 12.9. The zero-order chi connectivity index (χ0) is 22.0. The molecular formula is C22H21N3O4S2. The van der Waals surface area contributed by atoms with Gasteiger partial charge in [0.05, 0.1) is 4.91 Å². The molecule has 7 nitrogen and oxygen atoms in total. The minimum Gasteiger partial charge on any atom is -0.454 e. The lowest BCUT2D eigenvalue weighted by Crippen LogP contribution is -2.37. The fourth-order valence-electron chi connectivity index (χ4n) is 3.16. The lowest BCUT2D eigenvalue weighted by Gasteiger charge is -2.16. The molecule has 2 amide bonds. The first kappa shape index (κ1) is 21.2. The second-order valence-corrected chi connectivity index (χ2v) is 8.82. The van der Waals surface area contributed by atoms with E-state index in [9.17, 15) is 9.59 Å². The van der Waals surface area contributed by atoms with Gasteiger partial charge in [0.1, 0.15) is 4.32 Å². The first-order valence-electron chi connectivity index (χ1n) is 9.63. The SMILES string of the molecule is CN(C)c1cccc(C(=O)NCCN2C(=O)C(=Cc3ccc4c(c3)OCO4)SC2=S)c1. The molecule has 0 unspecified atom stereocenters. The van der Waals surface area contributed by atoms with E-state index in [0.29, 0.717) is 39.4 Å². The van der Waals surface area contributed by atoms with Crippen LogP contribution in [-0.2, 0) is 4.79 Å². The smallest absolute Gasteiger partial charge is 0.266 e. The maximum Gasteiger partial charge on any atom is 0.266 e. The molecule has 2 aliphatic heterocycles. The Morgan fingerprint density at radius 3 is 2.84 bits per heavy atom. The van der Waals surface area contributed by atoms with Gasteiger partial charge in [-0.2, -0.15) is 0 Å². The number of thiocarbonyl (C=S) groups is 1. The van der Waals surface area contributed by atoms with Crippen LogP contribution in [-0.4, -0.2) is 55.0 Å². The summed E-state index contributed by atoms with van der Waals surface area (Å²) < 4.78 is 11.2. The summed E-state index contributed by atoms with van der Waals surface area (Å²) >= 11 is 6.62. The standard InChI is InChI=1S/C22H21N3O4S2/c1-24(2)16-5-3-4-15(12-16)20(26)23-8-9-25-21(27)19(31-22(25)30)11-14-6-7-17-18(10-14)29-13-28-17/h3-7,10-12H,8-9,13H2,1-2H3,(H,23,26). The highest BCUT2D eigenvalue weighted by molar-refractivity contribution is 8.26. The van der Waals surface area contributed by atoms with Crippen LogP contribution in [0, 0.1) is 0 Å². The van der Waals surface area contributed by atoms with Gasteiger partial charge in [0.2, 0.25) is 6.79 Å². The molecule has 160 valence electrons. The third-order valence-corrected chi connectivity index (χ3v) is 6.19. The molecule has 0 spiro atoms. The third-order valence-electron chi connectivity index (χ3n) is 4.81. The molecule has 0 radical (unpaired) electrons. The monoisotopic (exact) mass is 455 g/mol. The number of rotatable bonds is 6. The summed E-state index contributed by atoms with van der Waals surface area (Å²) in [5, 5.41) is 2.86. The van der Waals surface area contributed by atoms with Crippen molar-refractivity contribution in [2.24, 2.45) is 0 Å². The summed E-state index contributed by atoms with van der Waals surface area (Å²) in [6.45, 7) is 0.809. The van der Waals surface area contributed by atoms with Gasteiger partial charge in [-0.1, -0.05) is 36.1 Å². The molecule has 0 saturated carbocycles. The maximum absolute atomic E-state index is 12.8. The quantitative estimate of drug-likeness (QED) is 0.530. The highest BCUT2D eigenvalue weighted by atomic mass is 32.2. The van der Waals surface area contributed by atoms with Crippen molar-refractivity contribution in [3.8, 4) is 11.5 Å². The fourth-order valence-corrected chi connectivity index (χ4v) is 4.46. The Kier molecular flexibility index (Phi) is 6.15. The largest absolute Gasteiger partial charge is 0.454 e. The molecule has 0 atom stereocenters.